The van der Waals surface area contributed by atoms with Crippen LogP contribution in [0.15, 0.2) is 40.1 Å². The Morgan fingerprint density at radius 1 is 1.33 bits per heavy atom. The SMILES string of the molecule is C/C=C(/Sc1ccc(C)cc1)C(=O)CC. The second-order valence-electron chi connectivity index (χ2n) is 3.34. The van der Waals surface area contributed by atoms with E-state index in [-0.39, 0.29) is 5.78 Å². The van der Waals surface area contributed by atoms with Crippen LogP contribution in [0.2, 0.25) is 0 Å². The van der Waals surface area contributed by atoms with Gasteiger partial charge in [0.15, 0.2) is 5.78 Å². The molecular formula is C13H16OS. The smallest absolute Gasteiger partial charge is 0.168 e. The molecule has 80 valence electrons. The molecular weight excluding hydrogens is 204 g/mol. The van der Waals surface area contributed by atoms with Crippen LogP contribution in [0.3, 0.4) is 0 Å². The summed E-state index contributed by atoms with van der Waals surface area (Å²) < 4.78 is 0. The van der Waals surface area contributed by atoms with E-state index in [1.54, 1.807) is 11.8 Å². The molecule has 0 atom stereocenters. The molecule has 0 N–H and O–H groups in total. The van der Waals surface area contributed by atoms with Gasteiger partial charge in [-0.25, -0.2) is 0 Å². The summed E-state index contributed by atoms with van der Waals surface area (Å²) in [5.41, 5.74) is 1.24. The minimum atomic E-state index is 0.211. The molecule has 0 saturated carbocycles. The molecule has 1 nitrogen and oxygen atoms in total. The molecule has 0 spiro atoms. The zero-order chi connectivity index (χ0) is 11.3. The summed E-state index contributed by atoms with van der Waals surface area (Å²) in [4.78, 5) is 13.5. The van der Waals surface area contributed by atoms with Gasteiger partial charge in [-0.05, 0) is 26.0 Å². The maximum atomic E-state index is 11.5. The minimum absolute atomic E-state index is 0.211. The molecule has 0 aromatic heterocycles. The van der Waals surface area contributed by atoms with E-state index >= 15 is 0 Å². The van der Waals surface area contributed by atoms with Crippen molar-refractivity contribution in [1.82, 2.24) is 0 Å². The summed E-state index contributed by atoms with van der Waals surface area (Å²) in [5.74, 6) is 0.211. The molecule has 15 heavy (non-hydrogen) atoms. The zero-order valence-corrected chi connectivity index (χ0v) is 10.2. The predicted octanol–water partition coefficient (Wildman–Crippen LogP) is 3.97. The molecule has 0 radical (unpaired) electrons. The van der Waals surface area contributed by atoms with Gasteiger partial charge in [-0.1, -0.05) is 42.5 Å². The number of hydrogen-bond donors (Lipinski definition) is 0. The lowest BCUT2D eigenvalue weighted by atomic mass is 10.2. The van der Waals surface area contributed by atoms with Crippen molar-refractivity contribution in [1.29, 1.82) is 0 Å². The highest BCUT2D eigenvalue weighted by molar-refractivity contribution is 8.04. The second-order valence-corrected chi connectivity index (χ2v) is 4.46. The average Bonchev–Trinajstić information content (AvgIpc) is 2.27. The number of rotatable bonds is 4. The van der Waals surface area contributed by atoms with Gasteiger partial charge in [0.05, 0.1) is 4.91 Å². The second kappa shape index (κ2) is 5.76. The van der Waals surface area contributed by atoms with Crippen LogP contribution in [0, 0.1) is 6.92 Å². The Kier molecular flexibility index (Phi) is 4.63. The molecule has 0 amide bonds. The number of Topliss-reactive ketones (excluding diaryl/α,β-unsaturated/α-hetero) is 1. The number of benzene rings is 1. The first-order valence-electron chi connectivity index (χ1n) is 5.11. The van der Waals surface area contributed by atoms with Crippen LogP contribution < -0.4 is 0 Å². The Hall–Kier alpha value is -1.02. The van der Waals surface area contributed by atoms with E-state index in [1.807, 2.05) is 32.1 Å². The lowest BCUT2D eigenvalue weighted by Gasteiger charge is -2.04. The number of carbonyl (C=O) groups is 1. The number of aryl methyl sites for hydroxylation is 1. The molecule has 0 aliphatic heterocycles. The number of hydrogen-bond acceptors (Lipinski definition) is 2. The highest BCUT2D eigenvalue weighted by Gasteiger charge is 2.07. The summed E-state index contributed by atoms with van der Waals surface area (Å²) in [7, 11) is 0. The van der Waals surface area contributed by atoms with Crippen LogP contribution in [0.25, 0.3) is 0 Å². The first-order valence-corrected chi connectivity index (χ1v) is 5.93. The maximum absolute atomic E-state index is 11.5. The molecule has 1 aromatic carbocycles. The van der Waals surface area contributed by atoms with E-state index < -0.39 is 0 Å². The third-order valence-electron chi connectivity index (χ3n) is 2.11. The molecule has 0 bridgehead atoms. The van der Waals surface area contributed by atoms with Crippen molar-refractivity contribution >= 4 is 17.5 Å². The van der Waals surface area contributed by atoms with Crippen LogP contribution in [-0.4, -0.2) is 5.78 Å². The number of ketones is 1. The predicted molar refractivity (Wildman–Crippen MR) is 66.1 cm³/mol. The van der Waals surface area contributed by atoms with Crippen LogP contribution >= 0.6 is 11.8 Å². The van der Waals surface area contributed by atoms with Crippen LogP contribution in [0.4, 0.5) is 0 Å². The minimum Gasteiger partial charge on any atom is -0.294 e. The van der Waals surface area contributed by atoms with E-state index in [4.69, 9.17) is 0 Å². The van der Waals surface area contributed by atoms with Gasteiger partial charge in [-0.2, -0.15) is 0 Å². The molecule has 0 heterocycles. The van der Waals surface area contributed by atoms with Gasteiger partial charge in [-0.3, -0.25) is 4.79 Å². The Morgan fingerprint density at radius 2 is 1.93 bits per heavy atom. The fourth-order valence-electron chi connectivity index (χ4n) is 1.18. The van der Waals surface area contributed by atoms with Crippen molar-refractivity contribution in [2.45, 2.75) is 32.1 Å². The van der Waals surface area contributed by atoms with Crippen LogP contribution in [0.5, 0.6) is 0 Å². The Balaban J connectivity index is 2.76. The fraction of sp³-hybridized carbons (Fsp3) is 0.308. The quantitative estimate of drug-likeness (QED) is 0.564. The number of thioether (sulfide) groups is 1. The van der Waals surface area contributed by atoms with Gasteiger partial charge in [0.25, 0.3) is 0 Å². The van der Waals surface area contributed by atoms with Crippen LogP contribution in [0.1, 0.15) is 25.8 Å². The highest BCUT2D eigenvalue weighted by atomic mass is 32.2. The summed E-state index contributed by atoms with van der Waals surface area (Å²) in [5, 5.41) is 0. The Labute approximate surface area is 95.6 Å². The third-order valence-corrected chi connectivity index (χ3v) is 3.30. The topological polar surface area (TPSA) is 17.1 Å². The zero-order valence-electron chi connectivity index (χ0n) is 9.41. The molecule has 0 unspecified atom stereocenters. The van der Waals surface area contributed by atoms with Gasteiger partial charge >= 0.3 is 0 Å². The number of allylic oxidation sites excluding steroid dienone is 2. The molecule has 2 heteroatoms. The lowest BCUT2D eigenvalue weighted by Crippen LogP contribution is -1.96. The fourth-order valence-corrected chi connectivity index (χ4v) is 2.09. The molecule has 0 aliphatic carbocycles. The normalized spacial score (nSPS) is 11.5. The molecule has 0 saturated heterocycles. The van der Waals surface area contributed by atoms with Gasteiger partial charge < -0.3 is 0 Å². The summed E-state index contributed by atoms with van der Waals surface area (Å²) >= 11 is 1.54. The van der Waals surface area contributed by atoms with Gasteiger partial charge in [-0.15, -0.1) is 0 Å². The van der Waals surface area contributed by atoms with E-state index in [2.05, 4.69) is 19.1 Å². The maximum Gasteiger partial charge on any atom is 0.168 e. The summed E-state index contributed by atoms with van der Waals surface area (Å²) in [6, 6.07) is 8.22. The molecule has 0 fully saturated rings. The van der Waals surface area contributed by atoms with Gasteiger partial charge in [0.2, 0.25) is 0 Å². The largest absolute Gasteiger partial charge is 0.294 e. The first kappa shape index (κ1) is 12.1. The van der Waals surface area contributed by atoms with Crippen LogP contribution in [-0.2, 0) is 4.79 Å². The van der Waals surface area contributed by atoms with Crippen molar-refractivity contribution in [2.24, 2.45) is 0 Å². The van der Waals surface area contributed by atoms with Crippen molar-refractivity contribution in [3.8, 4) is 0 Å². The Morgan fingerprint density at radius 3 is 2.40 bits per heavy atom. The van der Waals surface area contributed by atoms with Crippen molar-refractivity contribution < 1.29 is 4.79 Å². The standard InChI is InChI=1S/C13H16OS/c1-4-12(14)13(5-2)15-11-8-6-10(3)7-9-11/h5-9H,4H2,1-3H3/b13-5+. The van der Waals surface area contributed by atoms with E-state index in [0.29, 0.717) is 6.42 Å². The van der Waals surface area contributed by atoms with Crippen molar-refractivity contribution in [2.75, 3.05) is 0 Å². The average molecular weight is 220 g/mol. The van der Waals surface area contributed by atoms with Crippen molar-refractivity contribution in [3.05, 3.63) is 40.8 Å². The van der Waals surface area contributed by atoms with Gasteiger partial charge in [0.1, 0.15) is 0 Å². The van der Waals surface area contributed by atoms with E-state index in [1.165, 1.54) is 5.56 Å². The summed E-state index contributed by atoms with van der Waals surface area (Å²) in [6.45, 7) is 5.85. The Bertz CT molecular complexity index is 363. The lowest BCUT2D eigenvalue weighted by molar-refractivity contribution is -0.114. The monoisotopic (exact) mass is 220 g/mol. The first-order chi connectivity index (χ1) is 7.17. The van der Waals surface area contributed by atoms with Crippen molar-refractivity contribution in [3.63, 3.8) is 0 Å². The van der Waals surface area contributed by atoms with E-state index in [9.17, 15) is 4.79 Å². The summed E-state index contributed by atoms with van der Waals surface area (Å²) in [6.07, 6.45) is 2.45. The third kappa shape index (κ3) is 3.56. The highest BCUT2D eigenvalue weighted by Crippen LogP contribution is 2.27. The van der Waals surface area contributed by atoms with Gasteiger partial charge in [0, 0.05) is 11.3 Å². The molecule has 1 rings (SSSR count). The molecule has 1 aromatic rings. The molecule has 0 aliphatic rings. The van der Waals surface area contributed by atoms with E-state index in [0.717, 1.165) is 9.80 Å². The number of carbonyl (C=O) groups excluding carboxylic acids is 1.